The summed E-state index contributed by atoms with van der Waals surface area (Å²) in [4.78, 5) is 23.9. The Kier molecular flexibility index (Phi) is 3.72. The van der Waals surface area contributed by atoms with Crippen LogP contribution in [0.2, 0.25) is 0 Å². The van der Waals surface area contributed by atoms with Crippen LogP contribution in [0, 0.1) is 6.92 Å². The largest absolute Gasteiger partial charge is 0.336 e. The Labute approximate surface area is 174 Å². The average Bonchev–Trinajstić information content (AvgIpc) is 3.51. The molecule has 30 heavy (non-hydrogen) atoms. The first kappa shape index (κ1) is 17.0. The molecule has 0 unspecified atom stereocenters. The van der Waals surface area contributed by atoms with Gasteiger partial charge in [-0.2, -0.15) is 5.10 Å². The fraction of sp³-hybridized carbons (Fsp3) is 0.0455. The van der Waals surface area contributed by atoms with Gasteiger partial charge in [0.05, 0.1) is 27.8 Å². The Balaban J connectivity index is 1.52. The summed E-state index contributed by atoms with van der Waals surface area (Å²) < 4.78 is 0. The fourth-order valence-corrected chi connectivity index (χ4v) is 4.42. The van der Waals surface area contributed by atoms with E-state index in [0.717, 1.165) is 49.5 Å². The molecule has 0 aromatic carbocycles. The molecule has 0 radical (unpaired) electrons. The molecule has 7 nitrogen and oxygen atoms in total. The minimum Gasteiger partial charge on any atom is -0.336 e. The van der Waals surface area contributed by atoms with Crippen LogP contribution in [0.25, 0.3) is 55.3 Å². The zero-order valence-corrected chi connectivity index (χ0v) is 16.7. The summed E-state index contributed by atoms with van der Waals surface area (Å²) in [5.74, 6) is 0.696. The number of fused-ring (bicyclic) bond motifs is 2. The highest BCUT2D eigenvalue weighted by Crippen LogP contribution is 2.33. The quantitative estimate of drug-likeness (QED) is 0.429. The van der Waals surface area contributed by atoms with Gasteiger partial charge in [-0.05, 0) is 43.3 Å². The van der Waals surface area contributed by atoms with Crippen molar-refractivity contribution in [3.05, 3.63) is 66.1 Å². The molecule has 0 fully saturated rings. The third-order valence-corrected chi connectivity index (χ3v) is 6.01. The van der Waals surface area contributed by atoms with Gasteiger partial charge in [0.25, 0.3) is 0 Å². The highest BCUT2D eigenvalue weighted by molar-refractivity contribution is 7.15. The van der Waals surface area contributed by atoms with Crippen molar-refractivity contribution in [3.8, 4) is 33.3 Å². The van der Waals surface area contributed by atoms with E-state index >= 15 is 0 Å². The van der Waals surface area contributed by atoms with E-state index in [9.17, 15) is 0 Å². The average molecular weight is 409 g/mol. The summed E-state index contributed by atoms with van der Waals surface area (Å²) in [5, 5.41) is 8.52. The molecule has 8 heteroatoms. The van der Waals surface area contributed by atoms with E-state index in [4.69, 9.17) is 4.98 Å². The second-order valence-electron chi connectivity index (χ2n) is 6.98. The molecule has 0 aliphatic heterocycles. The maximum absolute atomic E-state index is 4.87. The lowest BCUT2D eigenvalue weighted by Gasteiger charge is -2.00. The molecule has 6 heterocycles. The molecule has 6 aromatic heterocycles. The molecule has 0 amide bonds. The first-order valence-electron chi connectivity index (χ1n) is 9.43. The van der Waals surface area contributed by atoms with Crippen LogP contribution in [-0.2, 0) is 0 Å². The lowest BCUT2D eigenvalue weighted by Crippen LogP contribution is -1.85. The number of nitrogens with zero attached hydrogens (tertiary/aromatic N) is 5. The van der Waals surface area contributed by atoms with Crippen LogP contribution in [0.4, 0.5) is 0 Å². The van der Waals surface area contributed by atoms with Crippen LogP contribution in [0.5, 0.6) is 0 Å². The van der Waals surface area contributed by atoms with Gasteiger partial charge in [-0.3, -0.25) is 20.1 Å². The van der Waals surface area contributed by atoms with Gasteiger partial charge in [0.2, 0.25) is 0 Å². The van der Waals surface area contributed by atoms with Crippen LogP contribution < -0.4 is 0 Å². The van der Waals surface area contributed by atoms with E-state index in [2.05, 4.69) is 49.2 Å². The highest BCUT2D eigenvalue weighted by Gasteiger charge is 2.17. The van der Waals surface area contributed by atoms with Gasteiger partial charge in [-0.25, -0.2) is 4.98 Å². The number of aromatic amines is 2. The molecule has 2 N–H and O–H groups in total. The maximum atomic E-state index is 4.87. The Morgan fingerprint density at radius 1 is 0.933 bits per heavy atom. The number of H-pyrrole nitrogens is 2. The third kappa shape index (κ3) is 2.69. The van der Waals surface area contributed by atoms with Crippen LogP contribution in [-0.4, -0.2) is 35.1 Å². The first-order chi connectivity index (χ1) is 14.8. The number of hydrogen-bond acceptors (Lipinski definition) is 6. The number of imidazole rings is 1. The van der Waals surface area contributed by atoms with Crippen molar-refractivity contribution in [2.45, 2.75) is 6.92 Å². The van der Waals surface area contributed by atoms with Crippen molar-refractivity contribution >= 4 is 33.3 Å². The van der Waals surface area contributed by atoms with Gasteiger partial charge in [0.1, 0.15) is 16.9 Å². The summed E-state index contributed by atoms with van der Waals surface area (Å²) in [7, 11) is 0. The fourth-order valence-electron chi connectivity index (χ4n) is 3.56. The molecule has 6 rings (SSSR count). The topological polar surface area (TPSA) is 96.0 Å². The molecule has 0 spiro atoms. The highest BCUT2D eigenvalue weighted by atomic mass is 32.1. The van der Waals surface area contributed by atoms with Gasteiger partial charge in [-0.15, -0.1) is 11.3 Å². The molecule has 0 atom stereocenters. The minimum absolute atomic E-state index is 0.696. The summed E-state index contributed by atoms with van der Waals surface area (Å²) in [6.45, 7) is 2.09. The van der Waals surface area contributed by atoms with Gasteiger partial charge in [0, 0.05) is 34.4 Å². The normalized spacial score (nSPS) is 11.5. The standard InChI is InChI=1S/C22H15N7S/c1-12-4-5-18(30-12)21-20-15(6-8-24-21)26-22(27-20)19-14-9-16(13-3-2-7-23-10-13)25-11-17(14)28-29-19/h2-11H,1H3,(H,26,27)(H,28,29). The number of hydrogen-bond donors (Lipinski definition) is 2. The predicted octanol–water partition coefficient (Wildman–Crippen LogP) is 5.00. The number of thiophene rings is 1. The molecule has 0 aliphatic carbocycles. The number of aryl methyl sites for hydroxylation is 1. The lowest BCUT2D eigenvalue weighted by molar-refractivity contribution is 1.10. The van der Waals surface area contributed by atoms with E-state index < -0.39 is 0 Å². The zero-order valence-electron chi connectivity index (χ0n) is 15.9. The Morgan fingerprint density at radius 3 is 2.73 bits per heavy atom. The van der Waals surface area contributed by atoms with Crippen molar-refractivity contribution in [1.29, 1.82) is 0 Å². The summed E-state index contributed by atoms with van der Waals surface area (Å²) >= 11 is 1.71. The van der Waals surface area contributed by atoms with E-state index in [1.165, 1.54) is 4.88 Å². The first-order valence-corrected chi connectivity index (χ1v) is 10.2. The Hall–Kier alpha value is -3.91. The third-order valence-electron chi connectivity index (χ3n) is 5.00. The molecule has 0 saturated carbocycles. The van der Waals surface area contributed by atoms with Crippen molar-refractivity contribution in [3.63, 3.8) is 0 Å². The van der Waals surface area contributed by atoms with Crippen LogP contribution >= 0.6 is 11.3 Å². The molecular formula is C22H15N7S. The number of nitrogens with one attached hydrogen (secondary N) is 2. The van der Waals surface area contributed by atoms with Gasteiger partial charge in [0.15, 0.2) is 5.82 Å². The van der Waals surface area contributed by atoms with Crippen LogP contribution in [0.1, 0.15) is 4.88 Å². The van der Waals surface area contributed by atoms with Crippen molar-refractivity contribution in [2.24, 2.45) is 0 Å². The van der Waals surface area contributed by atoms with Gasteiger partial charge < -0.3 is 4.98 Å². The van der Waals surface area contributed by atoms with E-state index in [0.29, 0.717) is 5.82 Å². The number of aromatic nitrogens is 7. The molecule has 6 aromatic rings. The number of rotatable bonds is 3. The smallest absolute Gasteiger partial charge is 0.159 e. The van der Waals surface area contributed by atoms with E-state index in [-0.39, 0.29) is 0 Å². The van der Waals surface area contributed by atoms with Gasteiger partial charge >= 0.3 is 0 Å². The Morgan fingerprint density at radius 2 is 1.90 bits per heavy atom. The van der Waals surface area contributed by atoms with Gasteiger partial charge in [-0.1, -0.05) is 0 Å². The minimum atomic E-state index is 0.696. The van der Waals surface area contributed by atoms with Crippen molar-refractivity contribution in [2.75, 3.05) is 0 Å². The predicted molar refractivity (Wildman–Crippen MR) is 118 cm³/mol. The molecule has 0 saturated heterocycles. The van der Waals surface area contributed by atoms with Crippen molar-refractivity contribution in [1.82, 2.24) is 35.1 Å². The van der Waals surface area contributed by atoms with Crippen LogP contribution in [0.3, 0.4) is 0 Å². The SMILES string of the molecule is Cc1ccc(-c2nccc3[nH]c(-c4n[nH]c5cnc(-c6cccnc6)cc45)nc23)s1. The van der Waals surface area contributed by atoms with Crippen LogP contribution in [0.15, 0.2) is 61.2 Å². The molecule has 144 valence electrons. The second-order valence-corrected chi connectivity index (χ2v) is 8.27. The van der Waals surface area contributed by atoms with E-state index in [1.54, 1.807) is 29.9 Å². The molecule has 0 aliphatic rings. The Bertz CT molecular complexity index is 1510. The second kappa shape index (κ2) is 6.57. The maximum Gasteiger partial charge on any atom is 0.159 e. The summed E-state index contributed by atoms with van der Waals surface area (Å²) in [6.07, 6.45) is 7.15. The summed E-state index contributed by atoms with van der Waals surface area (Å²) in [5.41, 5.74) is 6.05. The monoisotopic (exact) mass is 409 g/mol. The molecule has 0 bridgehead atoms. The number of pyridine rings is 3. The van der Waals surface area contributed by atoms with E-state index in [1.807, 2.05) is 30.5 Å². The lowest BCUT2D eigenvalue weighted by atomic mass is 10.1. The van der Waals surface area contributed by atoms with Crippen molar-refractivity contribution < 1.29 is 0 Å². The summed E-state index contributed by atoms with van der Waals surface area (Å²) in [6, 6.07) is 12.0. The zero-order chi connectivity index (χ0) is 20.1. The molecular weight excluding hydrogens is 394 g/mol.